The topological polar surface area (TPSA) is 75.6 Å². The molecule has 1 aromatic carbocycles. The Balaban J connectivity index is 3.10. The second-order valence-corrected chi connectivity index (χ2v) is 5.90. The summed E-state index contributed by atoms with van der Waals surface area (Å²) in [6.07, 6.45) is -0.693. The first-order valence-corrected chi connectivity index (χ1v) is 6.43. The van der Waals surface area contributed by atoms with Crippen LogP contribution in [0.2, 0.25) is 0 Å². The Morgan fingerprint density at radius 1 is 1.32 bits per heavy atom. The predicted molar refractivity (Wildman–Crippen MR) is 75.7 cm³/mol. The summed E-state index contributed by atoms with van der Waals surface area (Å²) in [5.41, 5.74) is 0.146. The van der Waals surface area contributed by atoms with Crippen LogP contribution in [0.3, 0.4) is 0 Å². The molecule has 2 N–H and O–H groups in total. The summed E-state index contributed by atoms with van der Waals surface area (Å²) in [5, 5.41) is 11.7. The van der Waals surface area contributed by atoms with Crippen LogP contribution in [0.4, 0.5) is 10.5 Å². The molecule has 0 aromatic heterocycles. The number of anilines is 1. The fourth-order valence-corrected chi connectivity index (χ4v) is 1.91. The van der Waals surface area contributed by atoms with Crippen molar-refractivity contribution >= 4 is 33.7 Å². The van der Waals surface area contributed by atoms with Crippen LogP contribution in [0, 0.1) is 6.92 Å². The van der Waals surface area contributed by atoms with E-state index in [0.29, 0.717) is 10.0 Å². The summed E-state index contributed by atoms with van der Waals surface area (Å²) >= 11 is 3.22. The molecule has 0 aliphatic rings. The molecule has 1 aromatic rings. The molecule has 19 heavy (non-hydrogen) atoms. The highest BCUT2D eigenvalue weighted by molar-refractivity contribution is 9.10. The number of carboxylic acids is 1. The van der Waals surface area contributed by atoms with Gasteiger partial charge in [0.2, 0.25) is 0 Å². The lowest BCUT2D eigenvalue weighted by Gasteiger charge is -2.20. The fraction of sp³-hybridized carbons (Fsp3) is 0.385. The quantitative estimate of drug-likeness (QED) is 0.865. The van der Waals surface area contributed by atoms with Gasteiger partial charge in [0, 0.05) is 4.47 Å². The van der Waals surface area contributed by atoms with Gasteiger partial charge in [0.05, 0.1) is 11.3 Å². The Hall–Kier alpha value is -1.56. The van der Waals surface area contributed by atoms with Crippen molar-refractivity contribution in [3.05, 3.63) is 27.7 Å². The summed E-state index contributed by atoms with van der Waals surface area (Å²) in [4.78, 5) is 23.0. The highest BCUT2D eigenvalue weighted by Gasteiger charge is 2.21. The number of hydrogen-bond donors (Lipinski definition) is 2. The highest BCUT2D eigenvalue weighted by atomic mass is 79.9. The third kappa shape index (κ3) is 4.24. The fourth-order valence-electron chi connectivity index (χ4n) is 1.48. The lowest BCUT2D eigenvalue weighted by Crippen LogP contribution is -2.28. The number of carbonyl (C=O) groups is 2. The van der Waals surface area contributed by atoms with Gasteiger partial charge < -0.3 is 9.84 Å². The standard InChI is InChI=1S/C13H16BrNO4/c1-7-5-6-8(14)10(9(7)11(16)17)15-12(18)19-13(2,3)4/h5-6H,1-4H3,(H,15,18)(H,16,17). The maximum absolute atomic E-state index is 11.7. The van der Waals surface area contributed by atoms with Gasteiger partial charge in [0.1, 0.15) is 5.60 Å². The molecular weight excluding hydrogens is 314 g/mol. The number of halogens is 1. The first-order valence-electron chi connectivity index (χ1n) is 5.64. The van der Waals surface area contributed by atoms with Crippen LogP contribution in [-0.4, -0.2) is 22.8 Å². The number of carbonyl (C=O) groups excluding carboxylic acids is 1. The molecule has 5 nitrogen and oxygen atoms in total. The molecule has 0 atom stereocenters. The molecule has 104 valence electrons. The van der Waals surface area contributed by atoms with E-state index in [9.17, 15) is 14.7 Å². The summed E-state index contributed by atoms with van der Waals surface area (Å²) in [5.74, 6) is -1.11. The van der Waals surface area contributed by atoms with Gasteiger partial charge >= 0.3 is 12.1 Å². The lowest BCUT2D eigenvalue weighted by atomic mass is 10.1. The van der Waals surface area contributed by atoms with Crippen molar-refractivity contribution in [3.63, 3.8) is 0 Å². The van der Waals surface area contributed by atoms with Crippen LogP contribution in [0.1, 0.15) is 36.7 Å². The SMILES string of the molecule is Cc1ccc(Br)c(NC(=O)OC(C)(C)C)c1C(=O)O. The molecule has 0 heterocycles. The van der Waals surface area contributed by atoms with Crippen LogP contribution >= 0.6 is 15.9 Å². The number of aryl methyl sites for hydroxylation is 1. The summed E-state index contributed by atoms with van der Waals surface area (Å²) in [6, 6.07) is 3.34. The largest absolute Gasteiger partial charge is 0.478 e. The van der Waals surface area contributed by atoms with E-state index in [0.717, 1.165) is 0 Å². The average Bonchev–Trinajstić information content (AvgIpc) is 2.20. The number of ether oxygens (including phenoxy) is 1. The Labute approximate surface area is 120 Å². The minimum Gasteiger partial charge on any atom is -0.478 e. The van der Waals surface area contributed by atoms with Crippen LogP contribution in [0.5, 0.6) is 0 Å². The number of carboxylic acid groups (broad SMARTS) is 1. The highest BCUT2D eigenvalue weighted by Crippen LogP contribution is 2.29. The molecule has 0 aliphatic heterocycles. The predicted octanol–water partition coefficient (Wildman–Crippen LogP) is 3.80. The Morgan fingerprint density at radius 2 is 1.89 bits per heavy atom. The molecule has 0 radical (unpaired) electrons. The van der Waals surface area contributed by atoms with Gasteiger partial charge in [-0.1, -0.05) is 6.07 Å². The minimum absolute atomic E-state index is 0.0419. The Morgan fingerprint density at radius 3 is 2.37 bits per heavy atom. The second-order valence-electron chi connectivity index (χ2n) is 5.05. The number of hydrogen-bond acceptors (Lipinski definition) is 3. The van der Waals surface area contributed by atoms with E-state index >= 15 is 0 Å². The maximum atomic E-state index is 11.7. The summed E-state index contributed by atoms with van der Waals surface area (Å²) in [6.45, 7) is 6.86. The van der Waals surface area contributed by atoms with Gasteiger partial charge in [0.25, 0.3) is 0 Å². The Kier molecular flexibility index (Phi) is 4.57. The van der Waals surface area contributed by atoms with Crippen molar-refractivity contribution in [1.29, 1.82) is 0 Å². The zero-order valence-corrected chi connectivity index (χ0v) is 12.8. The number of aromatic carboxylic acids is 1. The smallest absolute Gasteiger partial charge is 0.412 e. The number of rotatable bonds is 2. The molecule has 6 heteroatoms. The normalized spacial score (nSPS) is 11.0. The van der Waals surface area contributed by atoms with E-state index in [1.807, 2.05) is 0 Å². The van der Waals surface area contributed by atoms with Crippen molar-refractivity contribution < 1.29 is 19.4 Å². The zero-order chi connectivity index (χ0) is 14.8. The summed E-state index contributed by atoms with van der Waals surface area (Å²) in [7, 11) is 0. The van der Waals surface area contributed by atoms with Crippen LogP contribution in [0.25, 0.3) is 0 Å². The molecule has 0 saturated carbocycles. The monoisotopic (exact) mass is 329 g/mol. The Bertz CT molecular complexity index is 520. The number of amides is 1. The second kappa shape index (κ2) is 5.61. The number of benzene rings is 1. The van der Waals surface area contributed by atoms with Gasteiger partial charge in [-0.05, 0) is 55.3 Å². The average molecular weight is 330 g/mol. The molecule has 0 spiro atoms. The first kappa shape index (κ1) is 15.5. The minimum atomic E-state index is -1.11. The van der Waals surface area contributed by atoms with E-state index < -0.39 is 17.7 Å². The maximum Gasteiger partial charge on any atom is 0.412 e. The van der Waals surface area contributed by atoms with Gasteiger partial charge in [-0.15, -0.1) is 0 Å². The molecule has 0 saturated heterocycles. The zero-order valence-electron chi connectivity index (χ0n) is 11.2. The van der Waals surface area contributed by atoms with Gasteiger partial charge in [-0.2, -0.15) is 0 Å². The van der Waals surface area contributed by atoms with Crippen molar-refractivity contribution in [2.24, 2.45) is 0 Å². The van der Waals surface area contributed by atoms with Crippen LogP contribution in [-0.2, 0) is 4.74 Å². The molecule has 0 fully saturated rings. The van der Waals surface area contributed by atoms with E-state index in [1.54, 1.807) is 39.8 Å². The van der Waals surface area contributed by atoms with Crippen molar-refractivity contribution in [1.82, 2.24) is 0 Å². The first-order chi connectivity index (χ1) is 8.61. The van der Waals surface area contributed by atoms with E-state index in [1.165, 1.54) is 0 Å². The van der Waals surface area contributed by atoms with Crippen molar-refractivity contribution in [2.45, 2.75) is 33.3 Å². The van der Waals surface area contributed by atoms with E-state index in [2.05, 4.69) is 21.2 Å². The van der Waals surface area contributed by atoms with Crippen molar-refractivity contribution in [2.75, 3.05) is 5.32 Å². The van der Waals surface area contributed by atoms with E-state index in [4.69, 9.17) is 4.74 Å². The van der Waals surface area contributed by atoms with E-state index in [-0.39, 0.29) is 11.3 Å². The van der Waals surface area contributed by atoms with Gasteiger partial charge in [0.15, 0.2) is 0 Å². The van der Waals surface area contributed by atoms with Crippen LogP contribution in [0.15, 0.2) is 16.6 Å². The third-order valence-corrected chi connectivity index (χ3v) is 2.86. The lowest BCUT2D eigenvalue weighted by molar-refractivity contribution is 0.0636. The van der Waals surface area contributed by atoms with Crippen LogP contribution < -0.4 is 5.32 Å². The van der Waals surface area contributed by atoms with Gasteiger partial charge in [-0.25, -0.2) is 9.59 Å². The van der Waals surface area contributed by atoms with Gasteiger partial charge in [-0.3, -0.25) is 5.32 Å². The molecule has 0 aliphatic carbocycles. The molecule has 0 bridgehead atoms. The molecule has 1 amide bonds. The third-order valence-electron chi connectivity index (χ3n) is 2.20. The summed E-state index contributed by atoms with van der Waals surface area (Å²) < 4.78 is 5.59. The number of nitrogens with one attached hydrogen (secondary N) is 1. The molecule has 1 rings (SSSR count). The molecular formula is C13H16BrNO4. The molecule has 0 unspecified atom stereocenters. The van der Waals surface area contributed by atoms with Crippen molar-refractivity contribution in [3.8, 4) is 0 Å².